The minimum Gasteiger partial charge on any atom is -0.491 e. The van der Waals surface area contributed by atoms with Gasteiger partial charge in [-0.1, -0.05) is 54.5 Å². The van der Waals surface area contributed by atoms with E-state index in [0.29, 0.717) is 181 Å². The molecule has 4 aromatic heterocycles. The lowest BCUT2D eigenvalue weighted by molar-refractivity contribution is -0.896. The SMILES string of the molecule is COCCOCCOCCOCCOCCOCCOCCOCCn1cc(COC(=O)N(C)Cc2cc(NC(=O)[C@H](CCCNC(N)=O)NC(=O)[C@@H](NC(=O)OC(C)(C)C)C(C)C)ccc2C[N+](C)(C)CC#Cc2ccc(OCCCc3sc(N4CCCc5c4nnc(Nc4nc6ccccc6s4)c5C)nc3C(=O)O)c(F)c2)nn1. The van der Waals surface area contributed by atoms with Crippen LogP contribution in [0.1, 0.15) is 109 Å². The van der Waals surface area contributed by atoms with Gasteiger partial charge in [0.2, 0.25) is 11.8 Å². The Bertz CT molecular complexity index is 4340. The molecule has 37 heteroatoms. The Kier molecular flexibility index (Phi) is 37.4. The second kappa shape index (κ2) is 47.4. The van der Waals surface area contributed by atoms with Gasteiger partial charge in [0.05, 0.1) is 143 Å². The second-order valence-electron chi connectivity index (χ2n) is 29.1. The number of carbonyl (C=O) groups excluding carboxylic acids is 5. The predicted octanol–water partition coefficient (Wildman–Crippen LogP) is 8.70. The van der Waals surface area contributed by atoms with Gasteiger partial charge < -0.3 is 104 Å². The van der Waals surface area contributed by atoms with Gasteiger partial charge in [0, 0.05) is 66.6 Å². The number of carboxylic acids is 1. The van der Waals surface area contributed by atoms with E-state index < -0.39 is 65.4 Å². The summed E-state index contributed by atoms with van der Waals surface area (Å²) in [5.74, 6) is 4.03. The van der Waals surface area contributed by atoms with E-state index in [0.717, 1.165) is 39.7 Å². The van der Waals surface area contributed by atoms with Crippen LogP contribution in [-0.4, -0.2) is 257 Å². The molecule has 7 aromatic rings. The number of nitrogens with one attached hydrogen (secondary N) is 5. The quantitative estimate of drug-likeness (QED) is 0.0106. The number of aromatic carboxylic acids is 1. The number of methoxy groups -OCH3 is 1. The number of fused-ring (bicyclic) bond motifs is 2. The Hall–Kier alpha value is -9.85. The summed E-state index contributed by atoms with van der Waals surface area (Å²) in [4.78, 5) is 92.2. The minimum absolute atomic E-state index is 0.00629. The van der Waals surface area contributed by atoms with Gasteiger partial charge >= 0.3 is 24.2 Å². The molecule has 0 bridgehead atoms. The molecular weight excluding hydrogens is 1540 g/mol. The average molecular weight is 1650 g/mol. The third-order valence-electron chi connectivity index (χ3n) is 17.6. The van der Waals surface area contributed by atoms with Crippen molar-refractivity contribution < 1.29 is 94.9 Å². The second-order valence-corrected chi connectivity index (χ2v) is 31.2. The highest BCUT2D eigenvalue weighted by Gasteiger charge is 2.33. The standard InChI is InChI=1S/C79H109FN16O18S2/c1-53(2)67(87-77(102)114-79(4,5)6)72(98)84-63(20-13-27-82-74(81)101)71(97)83-58-25-24-56(57(48-58)49-93(7)78(103)113-52-59-50-94(92-89-59)29-32-105-35-36-107-39-40-109-43-44-111-46-45-110-42-41-108-38-37-106-34-33-104-10)51-96(8,9)30-15-17-55-23-26-64(61(80)47-55)112-31-16-22-66-68(73(99)100)86-76(116-66)95-28-14-18-60-54(3)69(90-91-70(60)95)88-75-85-62-19-11-12-21-65(62)115-75/h11-12,19,21,23-26,47-48,50,53,63,67H,13-14,16,18,20,22,27-46,49,51-52H2,1-10H3,(H7-,81,82,83,84,85,87,88,90,97,98,99,100,101,102)/p+1/t63-,67-/m0/s1. The number of aryl methyl sites for hydroxylation is 1. The highest BCUT2D eigenvalue weighted by molar-refractivity contribution is 7.22. The molecule has 0 spiro atoms. The highest BCUT2D eigenvalue weighted by atomic mass is 32.1. The molecule has 5 heterocycles. The molecule has 0 saturated heterocycles. The van der Waals surface area contributed by atoms with E-state index in [1.54, 1.807) is 77.9 Å². The van der Waals surface area contributed by atoms with Crippen molar-refractivity contribution in [3.63, 3.8) is 0 Å². The lowest BCUT2D eigenvalue weighted by atomic mass is 10.0. The molecule has 0 saturated carbocycles. The first-order chi connectivity index (χ1) is 55.7. The van der Waals surface area contributed by atoms with Gasteiger partial charge in [-0.25, -0.2) is 38.2 Å². The molecular formula is C79H110FN16O18S2+. The number of ether oxygens (including phenoxy) is 11. The maximum atomic E-state index is 15.8. The number of carbonyl (C=O) groups is 6. The van der Waals surface area contributed by atoms with Gasteiger partial charge in [-0.2, -0.15) is 0 Å². The van der Waals surface area contributed by atoms with Crippen LogP contribution in [0, 0.1) is 30.5 Å². The number of para-hydroxylation sites is 1. The summed E-state index contributed by atoms with van der Waals surface area (Å²) in [5.41, 5.74) is 9.70. The Morgan fingerprint density at radius 1 is 0.784 bits per heavy atom. The number of thiazole rings is 2. The van der Waals surface area contributed by atoms with Crippen molar-refractivity contribution in [1.82, 2.24) is 56.0 Å². The molecule has 6 amide bonds. The molecule has 116 heavy (non-hydrogen) atoms. The summed E-state index contributed by atoms with van der Waals surface area (Å²) in [6.45, 7) is 18.7. The zero-order chi connectivity index (χ0) is 83.4. The summed E-state index contributed by atoms with van der Waals surface area (Å²) < 4.78 is 79.4. The number of nitrogens with two attached hydrogens (primary N) is 1. The predicted molar refractivity (Wildman–Crippen MR) is 433 cm³/mol. The van der Waals surface area contributed by atoms with E-state index in [9.17, 15) is 33.9 Å². The van der Waals surface area contributed by atoms with E-state index in [1.807, 2.05) is 56.3 Å². The molecule has 1 aliphatic rings. The number of nitrogens with zero attached hydrogens (tertiary/aromatic N) is 10. The zero-order valence-corrected chi connectivity index (χ0v) is 69.4. The number of primary amides is 1. The fourth-order valence-electron chi connectivity index (χ4n) is 11.7. The number of halogens is 1. The molecule has 0 fully saturated rings. The van der Waals surface area contributed by atoms with Crippen molar-refractivity contribution >= 4 is 96.5 Å². The molecule has 8 rings (SSSR count). The number of benzene rings is 3. The topological polar surface area (TPSA) is 399 Å². The Morgan fingerprint density at radius 2 is 1.46 bits per heavy atom. The van der Waals surface area contributed by atoms with Gasteiger partial charge in [-0.05, 0) is 126 Å². The Balaban J connectivity index is 0.836. The summed E-state index contributed by atoms with van der Waals surface area (Å²) >= 11 is 2.80. The lowest BCUT2D eigenvalue weighted by Crippen LogP contribution is -2.55. The number of hydrogen-bond acceptors (Lipinski definition) is 27. The van der Waals surface area contributed by atoms with E-state index >= 15 is 4.39 Å². The van der Waals surface area contributed by atoms with Crippen LogP contribution >= 0.6 is 22.7 Å². The number of alkyl carbamates (subject to hydrolysis) is 1. The van der Waals surface area contributed by atoms with Crippen LogP contribution in [0.2, 0.25) is 0 Å². The third-order valence-corrected chi connectivity index (χ3v) is 19.7. The minimum atomic E-state index is -1.17. The first-order valence-corrected chi connectivity index (χ1v) is 40.1. The average Bonchev–Trinajstić information content (AvgIpc) is 1.54. The van der Waals surface area contributed by atoms with Crippen molar-refractivity contribution in [2.45, 2.75) is 124 Å². The van der Waals surface area contributed by atoms with E-state index in [2.05, 4.69) is 68.9 Å². The van der Waals surface area contributed by atoms with Crippen molar-refractivity contribution in [3.8, 4) is 17.6 Å². The summed E-state index contributed by atoms with van der Waals surface area (Å²) in [5, 5.41) is 43.1. The number of carboxylic acid groups (broad SMARTS) is 1. The third kappa shape index (κ3) is 31.3. The van der Waals surface area contributed by atoms with Gasteiger partial charge in [-0.15, -0.1) is 26.6 Å². The Morgan fingerprint density at radius 3 is 2.09 bits per heavy atom. The maximum Gasteiger partial charge on any atom is 0.410 e. The number of quaternary nitrogens is 1. The molecule has 1 aliphatic heterocycles. The van der Waals surface area contributed by atoms with Crippen LogP contribution in [0.4, 0.5) is 46.4 Å². The monoisotopic (exact) mass is 1650 g/mol. The first kappa shape index (κ1) is 91.7. The molecule has 3 aromatic carbocycles. The molecule has 632 valence electrons. The van der Waals surface area contributed by atoms with E-state index in [1.165, 1.54) is 39.7 Å². The fourth-order valence-corrected chi connectivity index (χ4v) is 13.7. The molecule has 0 unspecified atom stereocenters. The maximum absolute atomic E-state index is 15.8. The largest absolute Gasteiger partial charge is 0.491 e. The van der Waals surface area contributed by atoms with Crippen LogP contribution in [0.5, 0.6) is 5.75 Å². The number of anilines is 5. The highest BCUT2D eigenvalue weighted by Crippen LogP contribution is 2.39. The number of amides is 6. The van der Waals surface area contributed by atoms with Gasteiger partial charge in [-0.3, -0.25) is 9.59 Å². The molecule has 2 atom stereocenters. The first-order valence-electron chi connectivity index (χ1n) is 38.5. The summed E-state index contributed by atoms with van der Waals surface area (Å²) in [6, 6.07) is 14.5. The molecule has 8 N–H and O–H groups in total. The van der Waals surface area contributed by atoms with Crippen LogP contribution in [0.15, 0.2) is 66.9 Å². The summed E-state index contributed by atoms with van der Waals surface area (Å²) in [7, 11) is 7.10. The molecule has 0 radical (unpaired) electrons. The van der Waals surface area contributed by atoms with Gasteiger partial charge in [0.1, 0.15) is 43.1 Å². The lowest BCUT2D eigenvalue weighted by Gasteiger charge is -2.29. The van der Waals surface area contributed by atoms with Crippen molar-refractivity contribution in [1.29, 1.82) is 0 Å². The van der Waals surface area contributed by atoms with Gasteiger partial charge in [0.15, 0.2) is 39.2 Å². The summed E-state index contributed by atoms with van der Waals surface area (Å²) in [6.07, 6.45) is 2.65. The normalized spacial score (nSPS) is 12.7. The van der Waals surface area contributed by atoms with Crippen molar-refractivity contribution in [3.05, 3.63) is 117 Å². The van der Waals surface area contributed by atoms with Crippen molar-refractivity contribution in [2.75, 3.05) is 169 Å². The zero-order valence-electron chi connectivity index (χ0n) is 67.7. The van der Waals surface area contributed by atoms with Crippen LogP contribution in [0.25, 0.3) is 10.2 Å². The van der Waals surface area contributed by atoms with Crippen LogP contribution in [0.3, 0.4) is 0 Å². The number of hydrogen-bond donors (Lipinski definition) is 7. The van der Waals surface area contributed by atoms with Crippen LogP contribution in [-0.2, 0) is 96.0 Å². The van der Waals surface area contributed by atoms with E-state index in [4.69, 9.17) is 57.8 Å². The number of urea groups is 1. The number of aromatic nitrogens is 7. The molecule has 0 aliphatic carbocycles. The van der Waals surface area contributed by atoms with Crippen LogP contribution < -0.4 is 42.0 Å². The number of rotatable bonds is 50. The fraction of sp³-hybridized carbons (Fsp3) is 0.544. The van der Waals surface area contributed by atoms with Gasteiger partial charge in [0.25, 0.3) is 0 Å². The smallest absolute Gasteiger partial charge is 0.410 e. The Labute approximate surface area is 683 Å². The molecule has 34 nitrogen and oxygen atoms in total. The van der Waals surface area contributed by atoms with E-state index in [-0.39, 0.29) is 61.6 Å². The van der Waals surface area contributed by atoms with Crippen molar-refractivity contribution in [2.24, 2.45) is 11.7 Å².